The smallest absolute Gasteiger partial charge is 0.295 e. The normalized spacial score (nSPS) is 17.4. The number of Topliss-reactive ketones (excluding diaryl/α,β-unsaturated/α-hetero) is 1. The fraction of sp³-hybridized carbons (Fsp3) is 0.160. The lowest BCUT2D eigenvalue weighted by molar-refractivity contribution is -0.140. The molecule has 4 rings (SSSR count). The van der Waals surface area contributed by atoms with Crippen LogP contribution in [0.1, 0.15) is 22.7 Å². The number of amides is 1. The van der Waals surface area contributed by atoms with Crippen LogP contribution in [-0.2, 0) is 16.1 Å². The minimum Gasteiger partial charge on any atom is -0.507 e. The second-order valence-electron chi connectivity index (χ2n) is 7.29. The van der Waals surface area contributed by atoms with Crippen LogP contribution in [0.4, 0.5) is 0 Å². The Morgan fingerprint density at radius 3 is 2.41 bits per heavy atom. The molecule has 0 spiro atoms. The fourth-order valence-corrected chi connectivity index (χ4v) is 3.79. The summed E-state index contributed by atoms with van der Waals surface area (Å²) in [5.41, 5.74) is 1.87. The molecule has 1 aromatic heterocycles. The van der Waals surface area contributed by atoms with Crippen LogP contribution in [-0.4, -0.2) is 40.9 Å². The van der Waals surface area contributed by atoms with Gasteiger partial charge in [-0.25, -0.2) is 0 Å². The van der Waals surface area contributed by atoms with E-state index < -0.39 is 17.7 Å². The highest BCUT2D eigenvalue weighted by atomic mass is 16.5. The number of rotatable bonds is 6. The third-order valence-corrected chi connectivity index (χ3v) is 5.39. The molecule has 0 unspecified atom stereocenters. The Hall–Kier alpha value is -4.13. The summed E-state index contributed by atoms with van der Waals surface area (Å²) in [7, 11) is 3.08. The summed E-state index contributed by atoms with van der Waals surface area (Å²) in [6.07, 6.45) is 3.29. The van der Waals surface area contributed by atoms with Gasteiger partial charge in [-0.3, -0.25) is 14.6 Å². The van der Waals surface area contributed by atoms with Crippen molar-refractivity contribution in [2.75, 3.05) is 14.2 Å². The van der Waals surface area contributed by atoms with E-state index in [1.807, 2.05) is 6.07 Å². The molecule has 7 nitrogen and oxygen atoms in total. The zero-order valence-electron chi connectivity index (χ0n) is 17.7. The van der Waals surface area contributed by atoms with Gasteiger partial charge in [0.1, 0.15) is 17.3 Å². The quantitative estimate of drug-likeness (QED) is 0.364. The predicted molar refractivity (Wildman–Crippen MR) is 118 cm³/mol. The number of likely N-dealkylation sites (tertiary alicyclic amines) is 1. The van der Waals surface area contributed by atoms with Crippen molar-refractivity contribution in [3.05, 3.63) is 95.3 Å². The molecule has 3 aromatic rings. The molecule has 1 amide bonds. The Labute approximate surface area is 185 Å². The van der Waals surface area contributed by atoms with E-state index in [0.717, 1.165) is 5.56 Å². The first-order valence-electron chi connectivity index (χ1n) is 9.99. The number of hydrogen-bond donors (Lipinski definition) is 1. The lowest BCUT2D eigenvalue weighted by atomic mass is 9.95. The molecule has 1 fully saturated rings. The molecule has 1 saturated heterocycles. The zero-order valence-corrected chi connectivity index (χ0v) is 17.7. The van der Waals surface area contributed by atoms with Gasteiger partial charge in [0.05, 0.1) is 25.8 Å². The monoisotopic (exact) mass is 430 g/mol. The van der Waals surface area contributed by atoms with Crippen LogP contribution in [0.2, 0.25) is 0 Å². The van der Waals surface area contributed by atoms with Crippen molar-refractivity contribution in [1.29, 1.82) is 0 Å². The summed E-state index contributed by atoms with van der Waals surface area (Å²) in [6, 6.07) is 16.6. The molecule has 1 atom stereocenters. The molecule has 1 N–H and O–H groups in total. The lowest BCUT2D eigenvalue weighted by Gasteiger charge is -2.25. The maximum atomic E-state index is 13.1. The van der Waals surface area contributed by atoms with Crippen molar-refractivity contribution in [1.82, 2.24) is 9.88 Å². The molecule has 32 heavy (non-hydrogen) atoms. The third kappa shape index (κ3) is 3.92. The van der Waals surface area contributed by atoms with Crippen molar-refractivity contribution < 1.29 is 24.2 Å². The van der Waals surface area contributed by atoms with Crippen molar-refractivity contribution in [3.63, 3.8) is 0 Å². The van der Waals surface area contributed by atoms with Crippen LogP contribution < -0.4 is 9.47 Å². The van der Waals surface area contributed by atoms with E-state index in [9.17, 15) is 14.7 Å². The molecular weight excluding hydrogens is 408 g/mol. The predicted octanol–water partition coefficient (Wildman–Crippen LogP) is 3.72. The zero-order chi connectivity index (χ0) is 22.7. The topological polar surface area (TPSA) is 89.0 Å². The van der Waals surface area contributed by atoms with Crippen molar-refractivity contribution in [3.8, 4) is 11.5 Å². The molecule has 7 heteroatoms. The first-order chi connectivity index (χ1) is 15.5. The summed E-state index contributed by atoms with van der Waals surface area (Å²) in [4.78, 5) is 31.7. The van der Waals surface area contributed by atoms with Gasteiger partial charge in [-0.1, -0.05) is 30.3 Å². The van der Waals surface area contributed by atoms with E-state index in [1.165, 1.54) is 12.0 Å². The van der Waals surface area contributed by atoms with Crippen LogP contribution in [0.25, 0.3) is 5.76 Å². The van der Waals surface area contributed by atoms with Gasteiger partial charge in [-0.15, -0.1) is 0 Å². The van der Waals surface area contributed by atoms with Crippen LogP contribution >= 0.6 is 0 Å². The van der Waals surface area contributed by atoms with Gasteiger partial charge in [0.2, 0.25) is 0 Å². The molecule has 0 bridgehead atoms. The molecule has 1 aliphatic rings. The maximum absolute atomic E-state index is 13.1. The Morgan fingerprint density at radius 2 is 1.75 bits per heavy atom. The average molecular weight is 430 g/mol. The SMILES string of the molecule is COc1ccc([C@@H]2C(=C(O)c3cccc(OC)c3)C(=O)C(=O)N2Cc2cccnc2)cc1. The molecule has 1 aliphatic heterocycles. The van der Waals surface area contributed by atoms with Gasteiger partial charge in [-0.05, 0) is 41.5 Å². The van der Waals surface area contributed by atoms with E-state index in [4.69, 9.17) is 9.47 Å². The Morgan fingerprint density at radius 1 is 1.00 bits per heavy atom. The third-order valence-electron chi connectivity index (χ3n) is 5.39. The van der Waals surface area contributed by atoms with E-state index >= 15 is 0 Å². The molecule has 0 saturated carbocycles. The summed E-state index contributed by atoms with van der Waals surface area (Å²) in [5.74, 6) is -0.503. The van der Waals surface area contributed by atoms with Gasteiger partial charge >= 0.3 is 0 Å². The van der Waals surface area contributed by atoms with E-state index in [1.54, 1.807) is 74.1 Å². The Bertz CT molecular complexity index is 1170. The average Bonchev–Trinajstić information content (AvgIpc) is 3.09. The molecule has 162 valence electrons. The summed E-state index contributed by atoms with van der Waals surface area (Å²) >= 11 is 0. The number of carbonyl (C=O) groups excluding carboxylic acids is 2. The minimum absolute atomic E-state index is 0.0253. The minimum atomic E-state index is -0.771. The molecule has 0 aliphatic carbocycles. The highest BCUT2D eigenvalue weighted by Gasteiger charge is 2.46. The molecule has 2 heterocycles. The highest BCUT2D eigenvalue weighted by molar-refractivity contribution is 6.46. The largest absolute Gasteiger partial charge is 0.507 e. The van der Waals surface area contributed by atoms with Gasteiger partial charge in [0, 0.05) is 24.5 Å². The first kappa shape index (κ1) is 21.1. The van der Waals surface area contributed by atoms with Crippen LogP contribution in [0.5, 0.6) is 11.5 Å². The Balaban J connectivity index is 1.85. The van der Waals surface area contributed by atoms with Gasteiger partial charge < -0.3 is 19.5 Å². The number of aromatic nitrogens is 1. The molecular formula is C25H22N2O5. The number of nitrogens with zero attached hydrogens (tertiary/aromatic N) is 2. The van der Waals surface area contributed by atoms with Gasteiger partial charge in [0.15, 0.2) is 0 Å². The first-order valence-corrected chi connectivity index (χ1v) is 9.99. The van der Waals surface area contributed by atoms with E-state index in [2.05, 4.69) is 4.98 Å². The highest BCUT2D eigenvalue weighted by Crippen LogP contribution is 2.40. The van der Waals surface area contributed by atoms with E-state index in [-0.39, 0.29) is 17.9 Å². The van der Waals surface area contributed by atoms with Crippen molar-refractivity contribution in [2.45, 2.75) is 12.6 Å². The number of ether oxygens (including phenoxy) is 2. The number of aliphatic hydroxyl groups is 1. The second kappa shape index (κ2) is 8.93. The number of hydrogen-bond acceptors (Lipinski definition) is 6. The number of pyridine rings is 1. The molecule has 0 radical (unpaired) electrons. The standard InChI is InChI=1S/C25H22N2O5/c1-31-19-10-8-17(9-11-19)22-21(23(28)18-6-3-7-20(13-18)32-2)24(29)25(30)27(22)15-16-5-4-12-26-14-16/h3-14,22,28H,15H2,1-2H3/t22-/m1/s1. The number of benzene rings is 2. The van der Waals surface area contributed by atoms with Crippen LogP contribution in [0.3, 0.4) is 0 Å². The fourth-order valence-electron chi connectivity index (χ4n) is 3.79. The van der Waals surface area contributed by atoms with E-state index in [0.29, 0.717) is 22.6 Å². The summed E-state index contributed by atoms with van der Waals surface area (Å²) < 4.78 is 10.5. The van der Waals surface area contributed by atoms with Crippen molar-refractivity contribution in [2.24, 2.45) is 0 Å². The van der Waals surface area contributed by atoms with Gasteiger partial charge in [-0.2, -0.15) is 0 Å². The number of ketones is 1. The number of methoxy groups -OCH3 is 2. The lowest BCUT2D eigenvalue weighted by Crippen LogP contribution is -2.29. The second-order valence-corrected chi connectivity index (χ2v) is 7.29. The number of aliphatic hydroxyl groups excluding tert-OH is 1. The number of carbonyl (C=O) groups is 2. The van der Waals surface area contributed by atoms with Crippen molar-refractivity contribution >= 4 is 17.4 Å². The summed E-state index contributed by atoms with van der Waals surface area (Å²) in [6.45, 7) is 0.171. The van der Waals surface area contributed by atoms with Gasteiger partial charge in [0.25, 0.3) is 11.7 Å². The van der Waals surface area contributed by atoms with Crippen LogP contribution in [0.15, 0.2) is 78.6 Å². The Kier molecular flexibility index (Phi) is 5.89. The van der Waals surface area contributed by atoms with Crippen LogP contribution in [0, 0.1) is 0 Å². The maximum Gasteiger partial charge on any atom is 0.295 e. The summed E-state index contributed by atoms with van der Waals surface area (Å²) in [5, 5.41) is 11.1. The molecule has 2 aromatic carbocycles.